The lowest BCUT2D eigenvalue weighted by atomic mass is 9.94. The van der Waals surface area contributed by atoms with Crippen molar-refractivity contribution in [3.8, 4) is 0 Å². The van der Waals surface area contributed by atoms with Gasteiger partial charge >= 0.3 is 6.18 Å². The summed E-state index contributed by atoms with van der Waals surface area (Å²) < 4.78 is 76.7. The van der Waals surface area contributed by atoms with E-state index in [0.29, 0.717) is 25.3 Å². The van der Waals surface area contributed by atoms with Crippen molar-refractivity contribution in [3.63, 3.8) is 0 Å². The summed E-state index contributed by atoms with van der Waals surface area (Å²) in [6.07, 6.45) is 1.32. The molecule has 2 N–H and O–H groups in total. The Balaban J connectivity index is 1.59. The summed E-state index contributed by atoms with van der Waals surface area (Å²) in [4.78, 5) is -0.816. The van der Waals surface area contributed by atoms with Crippen LogP contribution in [0, 0.1) is 0 Å². The number of alkyl halides is 3. The fourth-order valence-electron chi connectivity index (χ4n) is 4.63. The Morgan fingerprint density at radius 2 is 1.43 bits per heavy atom. The molecule has 0 amide bonds. The summed E-state index contributed by atoms with van der Waals surface area (Å²) in [5, 5.41) is 3.39. The van der Waals surface area contributed by atoms with Gasteiger partial charge in [-0.15, -0.1) is 0 Å². The van der Waals surface area contributed by atoms with Gasteiger partial charge in [-0.2, -0.15) is 13.2 Å². The summed E-state index contributed by atoms with van der Waals surface area (Å²) in [5.74, 6) is 0. The molecule has 0 heterocycles. The third-order valence-electron chi connectivity index (χ3n) is 6.74. The van der Waals surface area contributed by atoms with Gasteiger partial charge in [0, 0.05) is 6.54 Å². The lowest BCUT2D eigenvalue weighted by Gasteiger charge is -2.30. The van der Waals surface area contributed by atoms with Crippen LogP contribution in [0.2, 0.25) is 0 Å². The molecule has 0 saturated heterocycles. The van der Waals surface area contributed by atoms with Crippen LogP contribution in [-0.2, 0) is 20.9 Å². The first-order chi connectivity index (χ1) is 19.1. The number of allylic oxidation sites excluding steroid dienone is 3. The van der Waals surface area contributed by atoms with E-state index >= 15 is 0 Å². The van der Waals surface area contributed by atoms with Gasteiger partial charge in [0.25, 0.3) is 0 Å². The molecule has 3 aromatic rings. The molecule has 212 valence electrons. The first-order valence-corrected chi connectivity index (χ1v) is 14.6. The number of nitrogens with one attached hydrogen (secondary N) is 2. The molecule has 0 spiro atoms. The highest BCUT2D eigenvalue weighted by Crippen LogP contribution is 2.36. The third-order valence-corrected chi connectivity index (χ3v) is 8.24. The number of rotatable bonds is 12. The van der Waals surface area contributed by atoms with Crippen molar-refractivity contribution in [1.82, 2.24) is 10.0 Å². The number of halogens is 3. The Kier molecular flexibility index (Phi) is 9.97. The van der Waals surface area contributed by atoms with Crippen LogP contribution in [0.25, 0.3) is 0 Å². The molecule has 5 nitrogen and oxygen atoms in total. The maximum absolute atomic E-state index is 13.7. The lowest BCUT2D eigenvalue weighted by Crippen LogP contribution is -2.40. The van der Waals surface area contributed by atoms with E-state index in [0.717, 1.165) is 30.5 Å². The number of hydrogen-bond acceptors (Lipinski definition) is 4. The van der Waals surface area contributed by atoms with Crippen molar-refractivity contribution >= 4 is 10.0 Å². The van der Waals surface area contributed by atoms with Crippen LogP contribution in [0.3, 0.4) is 0 Å². The smallest absolute Gasteiger partial charge is 0.376 e. The normalized spacial score (nSPS) is 15.7. The number of benzene rings is 3. The van der Waals surface area contributed by atoms with Gasteiger partial charge in [0.2, 0.25) is 10.0 Å². The molecule has 0 fully saturated rings. The van der Waals surface area contributed by atoms with Gasteiger partial charge in [0.05, 0.1) is 35.8 Å². The highest BCUT2D eigenvalue weighted by Gasteiger charge is 2.38. The third kappa shape index (κ3) is 7.91. The van der Waals surface area contributed by atoms with Crippen LogP contribution < -0.4 is 10.0 Å². The van der Waals surface area contributed by atoms with Crippen LogP contribution in [0.15, 0.2) is 113 Å². The Morgan fingerprint density at radius 3 is 2.02 bits per heavy atom. The van der Waals surface area contributed by atoms with Crippen LogP contribution in [0.4, 0.5) is 13.2 Å². The minimum absolute atomic E-state index is 0.370. The minimum atomic E-state index is -4.83. The molecule has 0 saturated carbocycles. The zero-order valence-electron chi connectivity index (χ0n) is 22.2. The second kappa shape index (κ2) is 13.4. The molecule has 1 aliphatic carbocycles. The molecule has 3 aromatic carbocycles. The van der Waals surface area contributed by atoms with Gasteiger partial charge in [-0.25, -0.2) is 13.1 Å². The van der Waals surface area contributed by atoms with Gasteiger partial charge in [-0.1, -0.05) is 90.5 Å². The van der Waals surface area contributed by atoms with Crippen LogP contribution >= 0.6 is 0 Å². The largest absolute Gasteiger partial charge is 0.417 e. The van der Waals surface area contributed by atoms with E-state index in [2.05, 4.69) is 29.1 Å². The van der Waals surface area contributed by atoms with Crippen molar-refractivity contribution in [2.75, 3.05) is 19.8 Å². The number of hydrogen-bond donors (Lipinski definition) is 2. The van der Waals surface area contributed by atoms with Gasteiger partial charge < -0.3 is 10.1 Å². The predicted octanol–water partition coefficient (Wildman–Crippen LogP) is 6.74. The van der Waals surface area contributed by atoms with E-state index in [4.69, 9.17) is 4.74 Å². The molecular formula is C31H33F3N2O3S. The van der Waals surface area contributed by atoms with Crippen LogP contribution in [-0.4, -0.2) is 28.2 Å². The molecule has 2 atom stereocenters. The first kappa shape index (κ1) is 29.7. The maximum atomic E-state index is 13.7. The van der Waals surface area contributed by atoms with E-state index in [1.165, 1.54) is 23.3 Å². The van der Waals surface area contributed by atoms with Gasteiger partial charge in [-0.3, -0.25) is 0 Å². The minimum Gasteiger partial charge on any atom is -0.376 e. The first-order valence-electron chi connectivity index (χ1n) is 13.1. The molecule has 9 heteroatoms. The quantitative estimate of drug-likeness (QED) is 0.187. The molecule has 1 aliphatic rings. The molecule has 4 rings (SSSR count). The van der Waals surface area contributed by atoms with Gasteiger partial charge in [-0.05, 0) is 48.6 Å². The van der Waals surface area contributed by atoms with E-state index in [-0.39, 0.29) is 0 Å². The van der Waals surface area contributed by atoms with E-state index in [9.17, 15) is 21.6 Å². The SMILES string of the molecule is CC1=CCC(COCCNC(c2ccccc2)C(NS(=O)(=O)c2ccccc2C(F)(F)F)c2ccccc2)=CC1. The van der Waals surface area contributed by atoms with Crippen molar-refractivity contribution in [1.29, 1.82) is 0 Å². The summed E-state index contributed by atoms with van der Waals surface area (Å²) in [6, 6.07) is 20.7. The predicted molar refractivity (Wildman–Crippen MR) is 150 cm³/mol. The summed E-state index contributed by atoms with van der Waals surface area (Å²) in [6.45, 7) is 3.37. The zero-order chi connectivity index (χ0) is 28.6. The Bertz CT molecular complexity index is 1420. The van der Waals surface area contributed by atoms with Gasteiger partial charge in [0.1, 0.15) is 0 Å². The van der Waals surface area contributed by atoms with E-state index < -0.39 is 38.7 Å². The second-order valence-electron chi connectivity index (χ2n) is 9.72. The lowest BCUT2D eigenvalue weighted by molar-refractivity contribution is -0.139. The highest BCUT2D eigenvalue weighted by atomic mass is 32.2. The van der Waals surface area contributed by atoms with Crippen LogP contribution in [0.1, 0.15) is 48.5 Å². The monoisotopic (exact) mass is 570 g/mol. The zero-order valence-corrected chi connectivity index (χ0v) is 23.0. The Labute approximate surface area is 233 Å². The number of sulfonamides is 1. The summed E-state index contributed by atoms with van der Waals surface area (Å²) >= 11 is 0. The van der Waals surface area contributed by atoms with Crippen molar-refractivity contribution in [2.45, 2.75) is 42.9 Å². The standard InChI is InChI=1S/C31H33F3N2O3S/c1-23-16-18-24(19-17-23)22-39-21-20-35-29(25-10-4-2-5-11-25)30(26-12-6-3-7-13-26)36-40(37,38)28-15-9-8-14-27(28)31(32,33)34/h2-16,19,29-30,35-36H,17-18,20-22H2,1H3. The van der Waals surface area contributed by atoms with E-state index in [1.807, 2.05) is 30.3 Å². The average Bonchev–Trinajstić information content (AvgIpc) is 2.95. The molecule has 0 aromatic heterocycles. The highest BCUT2D eigenvalue weighted by molar-refractivity contribution is 7.89. The molecular weight excluding hydrogens is 537 g/mol. The van der Waals surface area contributed by atoms with Crippen molar-refractivity contribution in [3.05, 3.63) is 125 Å². The van der Waals surface area contributed by atoms with E-state index in [1.54, 1.807) is 30.3 Å². The molecule has 0 aliphatic heterocycles. The average molecular weight is 571 g/mol. The molecule has 40 heavy (non-hydrogen) atoms. The number of ether oxygens (including phenoxy) is 1. The topological polar surface area (TPSA) is 67.4 Å². The Morgan fingerprint density at radius 1 is 0.825 bits per heavy atom. The molecule has 0 radical (unpaired) electrons. The Hall–Kier alpha value is -3.24. The summed E-state index contributed by atoms with van der Waals surface area (Å²) in [5.41, 5.74) is 2.71. The molecule has 2 unspecified atom stereocenters. The van der Waals surface area contributed by atoms with Gasteiger partial charge in [0.15, 0.2) is 0 Å². The fraction of sp³-hybridized carbons (Fsp3) is 0.290. The fourth-order valence-corrected chi connectivity index (χ4v) is 6.09. The molecule has 0 bridgehead atoms. The second-order valence-corrected chi connectivity index (χ2v) is 11.4. The van der Waals surface area contributed by atoms with Crippen LogP contribution in [0.5, 0.6) is 0 Å². The van der Waals surface area contributed by atoms with Crippen molar-refractivity contribution in [2.24, 2.45) is 0 Å². The van der Waals surface area contributed by atoms with Crippen molar-refractivity contribution < 1.29 is 26.3 Å². The summed E-state index contributed by atoms with van der Waals surface area (Å²) in [7, 11) is -4.58. The maximum Gasteiger partial charge on any atom is 0.417 e.